The van der Waals surface area contributed by atoms with Gasteiger partial charge in [0.2, 0.25) is 0 Å². The summed E-state index contributed by atoms with van der Waals surface area (Å²) in [6, 6.07) is 3.24. The number of carbonyl (C=O) groups excluding carboxylic acids is 2. The molecule has 2 amide bonds. The first-order valence-corrected chi connectivity index (χ1v) is 7.44. The van der Waals surface area contributed by atoms with Crippen molar-refractivity contribution in [3.63, 3.8) is 0 Å². The van der Waals surface area contributed by atoms with Gasteiger partial charge in [-0.25, -0.2) is 5.43 Å². The summed E-state index contributed by atoms with van der Waals surface area (Å²) in [5, 5.41) is 15.8. The molecule has 118 valence electrons. The van der Waals surface area contributed by atoms with Crippen molar-refractivity contribution in [2.45, 2.75) is 6.92 Å². The van der Waals surface area contributed by atoms with Crippen LogP contribution in [0.5, 0.6) is 11.5 Å². The molecule has 8 heteroatoms. The summed E-state index contributed by atoms with van der Waals surface area (Å²) < 4.78 is 5.87. The third-order valence-corrected chi connectivity index (χ3v) is 3.17. The number of nitrogens with zero attached hydrogens (tertiary/aromatic N) is 1. The molecule has 0 radical (unpaired) electrons. The predicted octanol–water partition coefficient (Wildman–Crippen LogP) is 1.15. The Morgan fingerprint density at radius 2 is 2.18 bits per heavy atom. The van der Waals surface area contributed by atoms with Gasteiger partial charge in [-0.05, 0) is 47.2 Å². The SMILES string of the molecule is C=CCNC(=O)C(=O)N/N=C\c1cc(I)c(O)c(OCC)c1. The van der Waals surface area contributed by atoms with E-state index in [0.717, 1.165) is 0 Å². The normalized spacial score (nSPS) is 10.3. The van der Waals surface area contributed by atoms with Crippen molar-refractivity contribution >= 4 is 40.6 Å². The predicted molar refractivity (Wildman–Crippen MR) is 90.9 cm³/mol. The number of hydrogen-bond donors (Lipinski definition) is 3. The number of amides is 2. The van der Waals surface area contributed by atoms with Gasteiger partial charge in [0.1, 0.15) is 0 Å². The Balaban J connectivity index is 2.72. The molecule has 0 saturated heterocycles. The van der Waals surface area contributed by atoms with Gasteiger partial charge in [0.25, 0.3) is 0 Å². The quantitative estimate of drug-likeness (QED) is 0.213. The van der Waals surface area contributed by atoms with Crippen LogP contribution in [0.15, 0.2) is 29.9 Å². The van der Waals surface area contributed by atoms with Crippen LogP contribution in [-0.2, 0) is 9.59 Å². The van der Waals surface area contributed by atoms with Crippen molar-refractivity contribution < 1.29 is 19.4 Å². The van der Waals surface area contributed by atoms with E-state index in [1.807, 2.05) is 22.6 Å². The molecule has 22 heavy (non-hydrogen) atoms. The monoisotopic (exact) mass is 417 g/mol. The molecule has 0 spiro atoms. The zero-order valence-corrected chi connectivity index (χ0v) is 14.1. The van der Waals surface area contributed by atoms with E-state index in [0.29, 0.717) is 21.5 Å². The summed E-state index contributed by atoms with van der Waals surface area (Å²) in [6.45, 7) is 5.83. The number of benzene rings is 1. The Bertz CT molecular complexity index is 602. The van der Waals surface area contributed by atoms with Crippen molar-refractivity contribution in [3.8, 4) is 11.5 Å². The molecule has 0 atom stereocenters. The zero-order chi connectivity index (χ0) is 16.5. The highest BCUT2D eigenvalue weighted by Crippen LogP contribution is 2.32. The summed E-state index contributed by atoms with van der Waals surface area (Å²) in [5.74, 6) is -1.30. The molecule has 0 bridgehead atoms. The molecule has 0 aliphatic carbocycles. The molecule has 0 unspecified atom stereocenters. The standard InChI is InChI=1S/C14H16IN3O4/c1-3-5-16-13(20)14(21)18-17-8-9-6-10(15)12(19)11(7-9)22-4-2/h3,6-8,19H,1,4-5H2,2H3,(H,16,20)(H,18,21)/b17-8-. The number of phenols is 1. The largest absolute Gasteiger partial charge is 0.504 e. The number of aromatic hydroxyl groups is 1. The van der Waals surface area contributed by atoms with Gasteiger partial charge in [0, 0.05) is 6.54 Å². The topological polar surface area (TPSA) is 100 Å². The molecule has 1 aromatic carbocycles. The summed E-state index contributed by atoms with van der Waals surface area (Å²) in [7, 11) is 0. The second-order valence-electron chi connectivity index (χ2n) is 3.98. The van der Waals surface area contributed by atoms with Crippen LogP contribution >= 0.6 is 22.6 Å². The number of carbonyl (C=O) groups is 2. The number of nitrogens with one attached hydrogen (secondary N) is 2. The number of phenolic OH excluding ortho intramolecular Hbond substituents is 1. The molecule has 0 saturated carbocycles. The van der Waals surface area contributed by atoms with Gasteiger partial charge in [-0.15, -0.1) is 6.58 Å². The van der Waals surface area contributed by atoms with Crippen molar-refractivity contribution in [2.24, 2.45) is 5.10 Å². The third-order valence-electron chi connectivity index (χ3n) is 2.34. The number of rotatable bonds is 6. The molecule has 0 heterocycles. The number of hydrazone groups is 1. The maximum absolute atomic E-state index is 11.4. The highest BCUT2D eigenvalue weighted by molar-refractivity contribution is 14.1. The van der Waals surface area contributed by atoms with E-state index < -0.39 is 11.8 Å². The van der Waals surface area contributed by atoms with Gasteiger partial charge in [-0.2, -0.15) is 5.10 Å². The molecule has 7 nitrogen and oxygen atoms in total. The van der Waals surface area contributed by atoms with Crippen LogP contribution < -0.4 is 15.5 Å². The second-order valence-corrected chi connectivity index (χ2v) is 5.14. The van der Waals surface area contributed by atoms with Crippen LogP contribution in [0.25, 0.3) is 0 Å². The fraction of sp³-hybridized carbons (Fsp3) is 0.214. The lowest BCUT2D eigenvalue weighted by atomic mass is 10.2. The summed E-state index contributed by atoms with van der Waals surface area (Å²) >= 11 is 1.95. The molecular formula is C14H16IN3O4. The Hall–Kier alpha value is -2.10. The summed E-state index contributed by atoms with van der Waals surface area (Å²) in [4.78, 5) is 22.7. The zero-order valence-electron chi connectivity index (χ0n) is 11.9. The van der Waals surface area contributed by atoms with Crippen molar-refractivity contribution in [2.75, 3.05) is 13.2 Å². The van der Waals surface area contributed by atoms with Crippen molar-refractivity contribution in [1.29, 1.82) is 0 Å². The highest BCUT2D eigenvalue weighted by atomic mass is 127. The minimum Gasteiger partial charge on any atom is -0.504 e. The van der Waals surface area contributed by atoms with Gasteiger partial charge in [0.05, 0.1) is 16.4 Å². The van der Waals surface area contributed by atoms with E-state index in [9.17, 15) is 14.7 Å². The van der Waals surface area contributed by atoms with E-state index in [2.05, 4.69) is 22.4 Å². The number of hydrogen-bond acceptors (Lipinski definition) is 5. The summed E-state index contributed by atoms with van der Waals surface area (Å²) in [6.07, 6.45) is 2.81. The third kappa shape index (κ3) is 5.35. The van der Waals surface area contributed by atoms with Gasteiger partial charge in [-0.1, -0.05) is 6.08 Å². The minimum absolute atomic E-state index is 0.0486. The van der Waals surface area contributed by atoms with E-state index in [1.165, 1.54) is 12.3 Å². The molecule has 1 rings (SSSR count). The van der Waals surface area contributed by atoms with Crippen LogP contribution in [0.2, 0.25) is 0 Å². The van der Waals surface area contributed by atoms with Crippen LogP contribution in [0.4, 0.5) is 0 Å². The average molecular weight is 417 g/mol. The van der Waals surface area contributed by atoms with Gasteiger partial charge < -0.3 is 15.2 Å². The molecule has 1 aromatic rings. The van der Waals surface area contributed by atoms with E-state index >= 15 is 0 Å². The molecule has 0 aliphatic rings. The van der Waals surface area contributed by atoms with E-state index in [1.54, 1.807) is 19.1 Å². The van der Waals surface area contributed by atoms with Crippen LogP contribution in [-0.4, -0.2) is 36.3 Å². The number of ether oxygens (including phenoxy) is 1. The van der Waals surface area contributed by atoms with Crippen LogP contribution in [0.1, 0.15) is 12.5 Å². The molecule has 0 aliphatic heterocycles. The molecule has 0 fully saturated rings. The Labute approximate surface area is 141 Å². The first-order valence-electron chi connectivity index (χ1n) is 6.37. The van der Waals surface area contributed by atoms with E-state index in [-0.39, 0.29) is 12.3 Å². The number of halogens is 1. The van der Waals surface area contributed by atoms with Crippen LogP contribution in [0, 0.1) is 3.57 Å². The Morgan fingerprint density at radius 1 is 1.45 bits per heavy atom. The first kappa shape index (κ1) is 18.0. The molecule has 0 aromatic heterocycles. The van der Waals surface area contributed by atoms with Crippen molar-refractivity contribution in [3.05, 3.63) is 33.9 Å². The van der Waals surface area contributed by atoms with E-state index in [4.69, 9.17) is 4.74 Å². The minimum atomic E-state index is -0.878. The second kappa shape index (κ2) is 9.03. The summed E-state index contributed by atoms with van der Waals surface area (Å²) in [5.41, 5.74) is 2.71. The highest BCUT2D eigenvalue weighted by Gasteiger charge is 2.11. The van der Waals surface area contributed by atoms with Crippen molar-refractivity contribution in [1.82, 2.24) is 10.7 Å². The molecular weight excluding hydrogens is 401 g/mol. The molecule has 3 N–H and O–H groups in total. The fourth-order valence-corrected chi connectivity index (χ4v) is 2.02. The lowest BCUT2D eigenvalue weighted by Crippen LogP contribution is -2.37. The van der Waals surface area contributed by atoms with Gasteiger partial charge >= 0.3 is 11.8 Å². The maximum Gasteiger partial charge on any atom is 0.329 e. The van der Waals surface area contributed by atoms with Crippen LogP contribution in [0.3, 0.4) is 0 Å². The van der Waals surface area contributed by atoms with Gasteiger partial charge in [-0.3, -0.25) is 9.59 Å². The fourth-order valence-electron chi connectivity index (χ4n) is 1.40. The lowest BCUT2D eigenvalue weighted by Gasteiger charge is -2.08. The smallest absolute Gasteiger partial charge is 0.329 e. The average Bonchev–Trinajstić information content (AvgIpc) is 2.49. The first-order chi connectivity index (χ1) is 10.5. The maximum atomic E-state index is 11.4. The Kier molecular flexibility index (Phi) is 7.37. The lowest BCUT2D eigenvalue weighted by molar-refractivity contribution is -0.139. The Morgan fingerprint density at radius 3 is 2.82 bits per heavy atom. The van der Waals surface area contributed by atoms with Gasteiger partial charge in [0.15, 0.2) is 11.5 Å².